The number of hydrogen-bond acceptors (Lipinski definition) is 3. The third-order valence-electron chi connectivity index (χ3n) is 6.89. The van der Waals surface area contributed by atoms with E-state index in [2.05, 4.69) is 27.9 Å². The molecule has 0 saturated carbocycles. The van der Waals surface area contributed by atoms with Crippen LogP contribution in [0.5, 0.6) is 0 Å². The van der Waals surface area contributed by atoms with E-state index in [1.807, 2.05) is 0 Å². The summed E-state index contributed by atoms with van der Waals surface area (Å²) >= 11 is 0. The van der Waals surface area contributed by atoms with E-state index in [-0.39, 0.29) is 12.4 Å². The van der Waals surface area contributed by atoms with Crippen molar-refractivity contribution in [2.75, 3.05) is 42.0 Å². The smallest absolute Gasteiger partial charge is 0.783 e. The van der Waals surface area contributed by atoms with E-state index >= 15 is 0 Å². The van der Waals surface area contributed by atoms with Gasteiger partial charge < -0.3 is 29.8 Å². The van der Waals surface area contributed by atoms with Crippen LogP contribution in [0.2, 0.25) is 0 Å². The maximum atomic E-state index is 5.77. The molecular weight excluding hydrogens is 438 g/mol. The summed E-state index contributed by atoms with van der Waals surface area (Å²) in [6.07, 6.45) is 23.8. The number of hydrogen-bond donors (Lipinski definition) is 0. The summed E-state index contributed by atoms with van der Waals surface area (Å²) in [5.41, 5.74) is 0. The Morgan fingerprint density at radius 2 is 0.938 bits per heavy atom. The molecule has 0 spiro atoms. The fourth-order valence-electron chi connectivity index (χ4n) is 5.11. The van der Waals surface area contributed by atoms with Gasteiger partial charge in [0.15, 0.2) is 0 Å². The van der Waals surface area contributed by atoms with Crippen LogP contribution in [0.3, 0.4) is 0 Å². The minimum Gasteiger partial charge on any atom is -1.00 e. The predicted octanol–water partition coefficient (Wildman–Crippen LogP) is 4.73. The van der Waals surface area contributed by atoms with Crippen LogP contribution in [-0.2, 0) is 13.3 Å². The van der Waals surface area contributed by atoms with Crippen molar-refractivity contribution in [3.8, 4) is 0 Å². The molecule has 0 rings (SSSR count). The summed E-state index contributed by atoms with van der Waals surface area (Å²) in [7, 11) is 6.89. The van der Waals surface area contributed by atoms with Crippen LogP contribution >= 0.6 is 0 Å². The van der Waals surface area contributed by atoms with Crippen molar-refractivity contribution < 1.29 is 29.8 Å². The summed E-state index contributed by atoms with van der Waals surface area (Å²) in [6, 6.07) is 0. The average molecular weight is 496 g/mol. The van der Waals surface area contributed by atoms with Gasteiger partial charge in [-0.3, -0.25) is 0 Å². The molecule has 32 heavy (non-hydrogen) atoms. The zero-order valence-corrected chi connectivity index (χ0v) is 24.6. The van der Waals surface area contributed by atoms with E-state index in [9.17, 15) is 0 Å². The second-order valence-corrected chi connectivity index (χ2v) is 13.5. The molecule has 0 aliphatic rings. The first-order valence-electron chi connectivity index (χ1n) is 13.4. The number of halogens is 1. The van der Waals surface area contributed by atoms with Gasteiger partial charge in [-0.1, -0.05) is 110 Å². The van der Waals surface area contributed by atoms with Crippen molar-refractivity contribution in [2.24, 2.45) is 5.92 Å². The van der Waals surface area contributed by atoms with E-state index in [4.69, 9.17) is 13.3 Å². The summed E-state index contributed by atoms with van der Waals surface area (Å²) in [6.45, 7) is 5.65. The molecule has 1 atom stereocenters. The van der Waals surface area contributed by atoms with Crippen LogP contribution in [-0.4, -0.2) is 55.1 Å². The monoisotopic (exact) mass is 495 g/mol. The summed E-state index contributed by atoms with van der Waals surface area (Å²) in [5, 5.41) is 0. The molecule has 0 aliphatic heterocycles. The highest BCUT2D eigenvalue weighted by molar-refractivity contribution is 6.52. The molecule has 0 aromatic carbocycles. The topological polar surface area (TPSA) is 27.7 Å². The largest absolute Gasteiger partial charge is 1.00 e. The third-order valence-corrected chi connectivity index (χ3v) is 10.1. The zero-order chi connectivity index (χ0) is 23.4. The summed E-state index contributed by atoms with van der Waals surface area (Å²) in [5.74, 6) is 0.713. The first kappa shape index (κ1) is 34.5. The van der Waals surface area contributed by atoms with Gasteiger partial charge in [0.1, 0.15) is 0 Å². The van der Waals surface area contributed by atoms with Gasteiger partial charge in [-0.25, -0.2) is 0 Å². The normalized spacial score (nSPS) is 13.2. The Morgan fingerprint density at radius 1 is 0.562 bits per heavy atom. The van der Waals surface area contributed by atoms with Gasteiger partial charge in [-0.15, -0.1) is 0 Å². The molecule has 196 valence electrons. The molecule has 0 saturated heterocycles. The van der Waals surface area contributed by atoms with Crippen LogP contribution < -0.4 is 12.4 Å². The van der Waals surface area contributed by atoms with Crippen LogP contribution in [0, 0.1) is 5.92 Å². The van der Waals surface area contributed by atoms with E-state index in [0.29, 0.717) is 10.1 Å². The van der Waals surface area contributed by atoms with Gasteiger partial charge in [0.05, 0.1) is 20.6 Å². The second kappa shape index (κ2) is 21.9. The highest BCUT2D eigenvalue weighted by Gasteiger charge is 2.60. The van der Waals surface area contributed by atoms with Gasteiger partial charge in [-0.05, 0) is 12.8 Å². The van der Waals surface area contributed by atoms with Gasteiger partial charge in [0.25, 0.3) is 0 Å². The molecule has 0 aromatic heterocycles. The minimum atomic E-state index is -2.69. The van der Waals surface area contributed by atoms with Crippen LogP contribution in [0.1, 0.15) is 123 Å². The first-order valence-corrected chi connectivity index (χ1v) is 15.1. The van der Waals surface area contributed by atoms with Crippen molar-refractivity contribution in [1.82, 2.24) is 0 Å². The molecule has 0 heterocycles. The van der Waals surface area contributed by atoms with Crippen LogP contribution in [0.15, 0.2) is 0 Å². The quantitative estimate of drug-likeness (QED) is 0.151. The number of nitrogens with zero attached hydrogens (tertiary/aromatic N) is 1. The van der Waals surface area contributed by atoms with Crippen molar-refractivity contribution in [3.05, 3.63) is 0 Å². The van der Waals surface area contributed by atoms with Gasteiger partial charge in [-0.2, -0.15) is 0 Å². The van der Waals surface area contributed by atoms with Gasteiger partial charge >= 0.3 is 8.97 Å². The summed E-state index contributed by atoms with van der Waals surface area (Å²) in [4.78, 5) is 0. The lowest BCUT2D eigenvalue weighted by Crippen LogP contribution is -3.00. The molecule has 4 nitrogen and oxygen atoms in total. The molecule has 6 heteroatoms. The molecule has 0 N–H and O–H groups in total. The maximum Gasteiger partial charge on any atom is 0.783 e. The zero-order valence-electron chi connectivity index (χ0n) is 22.9. The van der Waals surface area contributed by atoms with Crippen molar-refractivity contribution in [1.29, 1.82) is 0 Å². The fraction of sp³-hybridized carbons (Fsp3) is 1.00. The van der Waals surface area contributed by atoms with E-state index in [1.165, 1.54) is 109 Å². The highest BCUT2D eigenvalue weighted by Crippen LogP contribution is 2.26. The van der Waals surface area contributed by atoms with Gasteiger partial charge in [0.2, 0.25) is 0 Å². The summed E-state index contributed by atoms with van der Waals surface area (Å²) < 4.78 is 18.0. The molecule has 0 aromatic rings. The van der Waals surface area contributed by atoms with Crippen molar-refractivity contribution >= 4 is 8.97 Å². The first-order chi connectivity index (χ1) is 14.9. The standard InChI is InChI=1S/C26H58NO3Si.ClH/c1-8-10-11-12-13-14-15-16-17-18-19-20-21-22-24-26(23-9-2)25-27(3,4)31(28-5,29-6)30-7;/h26H,8-25H2,1-7H3;1H/q+1;/p-1. The van der Waals surface area contributed by atoms with E-state index in [1.54, 1.807) is 21.3 Å². The molecular formula is C26H58ClNO3Si. The van der Waals surface area contributed by atoms with E-state index < -0.39 is 8.97 Å². The van der Waals surface area contributed by atoms with Crippen molar-refractivity contribution in [3.63, 3.8) is 0 Å². The highest BCUT2D eigenvalue weighted by atomic mass is 35.5. The Morgan fingerprint density at radius 3 is 1.28 bits per heavy atom. The third kappa shape index (κ3) is 14.6. The SMILES string of the molecule is CCCCCCCCCCCCCCCCC(CCC)C[N+](C)(C)[Si](OC)(OC)OC.[Cl-]. The van der Waals surface area contributed by atoms with Crippen molar-refractivity contribution in [2.45, 2.75) is 123 Å². The molecule has 0 bridgehead atoms. The Balaban J connectivity index is 0. The lowest BCUT2D eigenvalue weighted by molar-refractivity contribution is -0.823. The Hall–Kier alpha value is 0.347. The number of unbranched alkanes of at least 4 members (excludes halogenated alkanes) is 13. The maximum absolute atomic E-state index is 5.77. The second-order valence-electron chi connectivity index (χ2n) is 10.0. The number of quaternary nitrogens is 1. The number of rotatable bonds is 23. The Kier molecular flexibility index (Phi) is 23.6. The fourth-order valence-corrected chi connectivity index (χ4v) is 7.58. The molecule has 0 radical (unpaired) electrons. The van der Waals surface area contributed by atoms with Crippen LogP contribution in [0.25, 0.3) is 0 Å². The lowest BCUT2D eigenvalue weighted by Gasteiger charge is -2.41. The van der Waals surface area contributed by atoms with Crippen LogP contribution in [0.4, 0.5) is 0 Å². The lowest BCUT2D eigenvalue weighted by atomic mass is 9.95. The van der Waals surface area contributed by atoms with E-state index in [0.717, 1.165) is 6.54 Å². The molecule has 0 fully saturated rings. The minimum absolute atomic E-state index is 0. The predicted molar refractivity (Wildman–Crippen MR) is 137 cm³/mol. The van der Waals surface area contributed by atoms with Gasteiger partial charge in [0, 0.05) is 27.2 Å². The Bertz CT molecular complexity index is 387. The Labute approximate surface area is 209 Å². The average Bonchev–Trinajstić information content (AvgIpc) is 2.75. The molecule has 1 unspecified atom stereocenters. The molecule has 0 aliphatic carbocycles. The molecule has 0 amide bonds.